The van der Waals surface area contributed by atoms with Crippen molar-refractivity contribution in [1.29, 1.82) is 0 Å². The molecule has 9 heteroatoms. The molecule has 3 rings (SSSR count). The summed E-state index contributed by atoms with van der Waals surface area (Å²) in [7, 11) is 0. The average Bonchev–Trinajstić information content (AvgIpc) is 3.27. The van der Waals surface area contributed by atoms with Gasteiger partial charge in [0.05, 0.1) is 18.2 Å². The SMILES string of the molecule is CCCCOc1cc(C2CCCN2C(=O)OC(C)(C)C)c(C(F)(F)F)c(C)c1C(=O)Oc1ccccc1. The number of para-hydroxylation sites is 1. The Morgan fingerprint density at radius 1 is 1.11 bits per heavy atom. The number of benzene rings is 2. The number of ether oxygens (including phenoxy) is 3. The van der Waals surface area contributed by atoms with Crippen molar-refractivity contribution < 1.29 is 37.0 Å². The molecule has 0 radical (unpaired) electrons. The van der Waals surface area contributed by atoms with Gasteiger partial charge in [0.2, 0.25) is 0 Å². The standard InChI is InChI=1S/C28H34F3NO5/c1-6-7-16-35-22-17-20(21-14-11-15-32(21)26(34)37-27(3,4)5)24(28(29,30)31)18(2)23(22)25(33)36-19-12-9-8-10-13-19/h8-10,12-13,17,21H,6-7,11,14-16H2,1-5H3. The van der Waals surface area contributed by atoms with Crippen LogP contribution >= 0.6 is 0 Å². The molecular formula is C28H34F3NO5. The first-order valence-electron chi connectivity index (χ1n) is 12.5. The molecule has 202 valence electrons. The molecule has 1 atom stereocenters. The number of nitrogens with zero attached hydrogens (tertiary/aromatic N) is 1. The lowest BCUT2D eigenvalue weighted by molar-refractivity contribution is -0.139. The minimum Gasteiger partial charge on any atom is -0.493 e. The summed E-state index contributed by atoms with van der Waals surface area (Å²) < 4.78 is 60.4. The van der Waals surface area contributed by atoms with Gasteiger partial charge in [-0.1, -0.05) is 31.5 Å². The number of carbonyl (C=O) groups is 2. The quantitative estimate of drug-likeness (QED) is 0.215. The average molecular weight is 522 g/mol. The Morgan fingerprint density at radius 2 is 1.78 bits per heavy atom. The normalized spacial score (nSPS) is 16.0. The third kappa shape index (κ3) is 6.96. The molecule has 1 amide bonds. The topological polar surface area (TPSA) is 65.1 Å². The molecule has 1 unspecified atom stereocenters. The minimum atomic E-state index is -4.79. The van der Waals surface area contributed by atoms with Gasteiger partial charge in [0.1, 0.15) is 22.7 Å². The number of likely N-dealkylation sites (tertiary alicyclic amines) is 1. The van der Waals surface area contributed by atoms with Gasteiger partial charge < -0.3 is 19.1 Å². The molecule has 2 aromatic rings. The van der Waals surface area contributed by atoms with Gasteiger partial charge in [-0.25, -0.2) is 9.59 Å². The molecule has 1 fully saturated rings. The highest BCUT2D eigenvalue weighted by atomic mass is 19.4. The monoisotopic (exact) mass is 521 g/mol. The lowest BCUT2D eigenvalue weighted by Crippen LogP contribution is -2.37. The summed E-state index contributed by atoms with van der Waals surface area (Å²) in [5, 5.41) is 0. The maximum atomic E-state index is 14.5. The van der Waals surface area contributed by atoms with Crippen LogP contribution in [0.1, 0.15) is 86.5 Å². The predicted octanol–water partition coefficient (Wildman–Crippen LogP) is 7.48. The number of hydrogen-bond donors (Lipinski definition) is 0. The van der Waals surface area contributed by atoms with E-state index in [1.165, 1.54) is 17.9 Å². The van der Waals surface area contributed by atoms with Crippen LogP contribution in [0.4, 0.5) is 18.0 Å². The fourth-order valence-corrected chi connectivity index (χ4v) is 4.42. The number of esters is 1. The highest BCUT2D eigenvalue weighted by molar-refractivity contribution is 5.96. The second-order valence-corrected chi connectivity index (χ2v) is 10.1. The van der Waals surface area contributed by atoms with E-state index in [0.29, 0.717) is 19.3 Å². The summed E-state index contributed by atoms with van der Waals surface area (Å²) in [6.07, 6.45) is -3.18. The van der Waals surface area contributed by atoms with Crippen LogP contribution in [0.2, 0.25) is 0 Å². The molecule has 1 saturated heterocycles. The molecule has 0 bridgehead atoms. The fraction of sp³-hybridized carbons (Fsp3) is 0.500. The van der Waals surface area contributed by atoms with E-state index in [1.54, 1.807) is 51.1 Å². The van der Waals surface area contributed by atoms with E-state index < -0.39 is 35.4 Å². The Labute approximate surface area is 215 Å². The third-order valence-corrected chi connectivity index (χ3v) is 6.01. The summed E-state index contributed by atoms with van der Waals surface area (Å²) in [6, 6.07) is 8.50. The summed E-state index contributed by atoms with van der Waals surface area (Å²) in [4.78, 5) is 27.4. The Balaban J connectivity index is 2.14. The number of alkyl halides is 3. The van der Waals surface area contributed by atoms with Crippen molar-refractivity contribution in [3.05, 3.63) is 58.7 Å². The van der Waals surface area contributed by atoms with Gasteiger partial charge in [0, 0.05) is 6.54 Å². The number of carbonyl (C=O) groups excluding carboxylic acids is 2. The lowest BCUT2D eigenvalue weighted by Gasteiger charge is -2.31. The fourth-order valence-electron chi connectivity index (χ4n) is 4.42. The number of rotatable bonds is 7. The minimum absolute atomic E-state index is 0.00548. The highest BCUT2D eigenvalue weighted by Gasteiger charge is 2.43. The molecule has 0 spiro atoms. The predicted molar refractivity (Wildman–Crippen MR) is 133 cm³/mol. The molecule has 1 aliphatic heterocycles. The van der Waals surface area contributed by atoms with E-state index in [9.17, 15) is 22.8 Å². The van der Waals surface area contributed by atoms with E-state index in [-0.39, 0.29) is 41.3 Å². The Hall–Kier alpha value is -3.23. The van der Waals surface area contributed by atoms with Crippen LogP contribution in [-0.4, -0.2) is 35.7 Å². The maximum absolute atomic E-state index is 14.5. The van der Waals surface area contributed by atoms with Crippen LogP contribution in [0, 0.1) is 6.92 Å². The van der Waals surface area contributed by atoms with E-state index in [0.717, 1.165) is 6.42 Å². The summed E-state index contributed by atoms with van der Waals surface area (Å²) in [6.45, 7) is 8.78. The Bertz CT molecular complexity index is 1110. The molecule has 1 aliphatic rings. The van der Waals surface area contributed by atoms with E-state index in [1.807, 2.05) is 6.92 Å². The molecule has 6 nitrogen and oxygen atoms in total. The van der Waals surface area contributed by atoms with Crippen molar-refractivity contribution in [3.63, 3.8) is 0 Å². The van der Waals surface area contributed by atoms with Crippen molar-refractivity contribution in [2.75, 3.05) is 13.2 Å². The smallest absolute Gasteiger partial charge is 0.417 e. The molecule has 37 heavy (non-hydrogen) atoms. The molecule has 0 N–H and O–H groups in total. The second-order valence-electron chi connectivity index (χ2n) is 10.1. The molecule has 2 aromatic carbocycles. The molecule has 0 aromatic heterocycles. The van der Waals surface area contributed by atoms with Gasteiger partial charge >= 0.3 is 18.2 Å². The van der Waals surface area contributed by atoms with Gasteiger partial charge in [-0.05, 0) is 76.3 Å². The lowest BCUT2D eigenvalue weighted by atomic mass is 9.90. The van der Waals surface area contributed by atoms with Gasteiger partial charge in [-0.15, -0.1) is 0 Å². The zero-order valence-electron chi connectivity index (χ0n) is 21.9. The zero-order chi connectivity index (χ0) is 27.4. The number of amides is 1. The molecule has 0 saturated carbocycles. The third-order valence-electron chi connectivity index (χ3n) is 6.01. The van der Waals surface area contributed by atoms with Crippen molar-refractivity contribution in [2.24, 2.45) is 0 Å². The number of halogens is 3. The summed E-state index contributed by atoms with van der Waals surface area (Å²) in [5.41, 5.74) is -2.45. The number of unbranched alkanes of at least 4 members (excludes halogenated alkanes) is 1. The van der Waals surface area contributed by atoms with Crippen LogP contribution < -0.4 is 9.47 Å². The maximum Gasteiger partial charge on any atom is 0.417 e. The zero-order valence-corrected chi connectivity index (χ0v) is 21.9. The highest BCUT2D eigenvalue weighted by Crippen LogP contribution is 2.46. The van der Waals surface area contributed by atoms with Gasteiger partial charge in [0.25, 0.3) is 0 Å². The molecule has 1 heterocycles. The molecule has 0 aliphatic carbocycles. The van der Waals surface area contributed by atoms with Crippen LogP contribution in [0.3, 0.4) is 0 Å². The van der Waals surface area contributed by atoms with Crippen LogP contribution in [0.25, 0.3) is 0 Å². The molecular weight excluding hydrogens is 487 g/mol. The van der Waals surface area contributed by atoms with Crippen molar-refractivity contribution in [2.45, 2.75) is 78.1 Å². The van der Waals surface area contributed by atoms with Crippen LogP contribution in [0.15, 0.2) is 36.4 Å². The summed E-state index contributed by atoms with van der Waals surface area (Å²) >= 11 is 0. The van der Waals surface area contributed by atoms with Crippen molar-refractivity contribution in [1.82, 2.24) is 4.90 Å². The first-order chi connectivity index (χ1) is 17.3. The largest absolute Gasteiger partial charge is 0.493 e. The van der Waals surface area contributed by atoms with Crippen molar-refractivity contribution >= 4 is 12.1 Å². The van der Waals surface area contributed by atoms with Crippen LogP contribution in [0.5, 0.6) is 11.5 Å². The van der Waals surface area contributed by atoms with E-state index in [2.05, 4.69) is 0 Å². The van der Waals surface area contributed by atoms with Gasteiger partial charge in [-0.3, -0.25) is 0 Å². The second kappa shape index (κ2) is 11.4. The van der Waals surface area contributed by atoms with E-state index >= 15 is 0 Å². The van der Waals surface area contributed by atoms with Gasteiger partial charge in [-0.2, -0.15) is 13.2 Å². The first-order valence-corrected chi connectivity index (χ1v) is 12.5. The summed E-state index contributed by atoms with van der Waals surface area (Å²) in [5.74, 6) is -0.732. The van der Waals surface area contributed by atoms with Crippen molar-refractivity contribution in [3.8, 4) is 11.5 Å². The van der Waals surface area contributed by atoms with Gasteiger partial charge in [0.15, 0.2) is 0 Å². The Morgan fingerprint density at radius 3 is 2.38 bits per heavy atom. The number of hydrogen-bond acceptors (Lipinski definition) is 5. The van der Waals surface area contributed by atoms with E-state index in [4.69, 9.17) is 14.2 Å². The van der Waals surface area contributed by atoms with Crippen LogP contribution in [-0.2, 0) is 10.9 Å². The first kappa shape index (κ1) is 28.3. The Kier molecular flexibility index (Phi) is 8.76.